The van der Waals surface area contributed by atoms with Gasteiger partial charge < -0.3 is 8.82 Å². The van der Waals surface area contributed by atoms with Gasteiger partial charge in [-0.15, -0.1) is 0 Å². The van der Waals surface area contributed by atoms with Crippen molar-refractivity contribution in [1.29, 1.82) is 0 Å². The minimum atomic E-state index is 0.823. The fraction of sp³-hybridized carbons (Fsp3) is 0. The van der Waals surface area contributed by atoms with Crippen LogP contribution in [0.15, 0.2) is 126 Å². The van der Waals surface area contributed by atoms with Gasteiger partial charge in [0.1, 0.15) is 11.3 Å². The van der Waals surface area contributed by atoms with E-state index >= 15 is 0 Å². The van der Waals surface area contributed by atoms with E-state index in [4.69, 9.17) is 9.40 Å². The number of hydrogen-bond donors (Lipinski definition) is 0. The van der Waals surface area contributed by atoms with Gasteiger partial charge in [0, 0.05) is 49.6 Å². The molecule has 9 rings (SSSR count). The Balaban J connectivity index is 1.35. The van der Waals surface area contributed by atoms with Crippen LogP contribution in [-0.2, 0) is 0 Å². The quantitative estimate of drug-likeness (QED) is 0.245. The van der Waals surface area contributed by atoms with E-state index in [1.54, 1.807) is 0 Å². The van der Waals surface area contributed by atoms with Crippen molar-refractivity contribution in [3.63, 3.8) is 0 Å². The Morgan fingerprint density at radius 3 is 2.11 bits per heavy atom. The van der Waals surface area contributed by atoms with E-state index in [1.807, 2.05) is 12.3 Å². The summed E-state index contributed by atoms with van der Waals surface area (Å²) in [7, 11) is 0. The Bertz CT molecular complexity index is 2340. The molecule has 0 amide bonds. The minimum Gasteiger partial charge on any atom is -0.453 e. The second-order valence-corrected chi connectivity index (χ2v) is 9.97. The number of para-hydroxylation sites is 3. The molecular weight excluding hydrogens is 464 g/mol. The number of benzene rings is 5. The van der Waals surface area contributed by atoms with Crippen LogP contribution in [0.1, 0.15) is 0 Å². The highest BCUT2D eigenvalue weighted by Gasteiger charge is 2.20. The smallest absolute Gasteiger partial charge is 0.161 e. The number of aromatic nitrogens is 2. The standard InChI is InChI=1S/C35H20N2O/c1-2-8-21(9-3-1)23-11-6-14-28-29-18-19-36-32(35(29)38-34(23)28)22-16-17-25-27-13-7-12-26-24-10-4-5-15-30(24)37(33(26)27)31(25)20-22/h1-20H. The third-order valence-electron chi connectivity index (χ3n) is 8.00. The maximum atomic E-state index is 6.65. The van der Waals surface area contributed by atoms with Gasteiger partial charge in [-0.1, -0.05) is 97.1 Å². The summed E-state index contributed by atoms with van der Waals surface area (Å²) in [5.41, 5.74) is 9.57. The number of nitrogens with zero attached hydrogens (tertiary/aromatic N) is 2. The van der Waals surface area contributed by atoms with E-state index < -0.39 is 0 Å². The molecule has 0 aliphatic heterocycles. The van der Waals surface area contributed by atoms with E-state index in [9.17, 15) is 0 Å². The van der Waals surface area contributed by atoms with E-state index in [2.05, 4.69) is 114 Å². The summed E-state index contributed by atoms with van der Waals surface area (Å²) in [6, 6.07) is 40.8. The van der Waals surface area contributed by atoms with Crippen molar-refractivity contribution in [2.45, 2.75) is 0 Å². The van der Waals surface area contributed by atoms with Crippen LogP contribution >= 0.6 is 0 Å². The Labute approximate surface area is 217 Å². The summed E-state index contributed by atoms with van der Waals surface area (Å²) in [6.07, 6.45) is 1.90. The van der Waals surface area contributed by atoms with Crippen molar-refractivity contribution in [2.75, 3.05) is 0 Å². The first-order valence-electron chi connectivity index (χ1n) is 12.9. The Hall–Kier alpha value is -5.15. The monoisotopic (exact) mass is 484 g/mol. The molecule has 0 N–H and O–H groups in total. The second kappa shape index (κ2) is 7.21. The Morgan fingerprint density at radius 2 is 1.21 bits per heavy atom. The van der Waals surface area contributed by atoms with E-state index in [0.717, 1.165) is 44.3 Å². The number of fused-ring (bicyclic) bond motifs is 9. The average Bonchev–Trinajstić information content (AvgIpc) is 3.64. The zero-order chi connectivity index (χ0) is 24.8. The zero-order valence-electron chi connectivity index (χ0n) is 20.3. The van der Waals surface area contributed by atoms with Crippen molar-refractivity contribution < 1.29 is 4.42 Å². The van der Waals surface area contributed by atoms with Gasteiger partial charge in [0.25, 0.3) is 0 Å². The SMILES string of the molecule is c1ccc(-c2cccc3c2oc2c(-c4ccc5c6cccc7c8ccccc8n(c5c4)c76)nccc23)cc1. The summed E-state index contributed by atoms with van der Waals surface area (Å²) in [6.45, 7) is 0. The van der Waals surface area contributed by atoms with E-state index in [-0.39, 0.29) is 0 Å². The summed E-state index contributed by atoms with van der Waals surface area (Å²) in [4.78, 5) is 4.85. The van der Waals surface area contributed by atoms with Gasteiger partial charge in [0.05, 0.1) is 16.6 Å². The molecule has 0 bridgehead atoms. The fourth-order valence-electron chi connectivity index (χ4n) is 6.35. The molecular formula is C35H20N2O. The predicted octanol–water partition coefficient (Wildman–Crippen LogP) is 9.47. The molecule has 38 heavy (non-hydrogen) atoms. The predicted molar refractivity (Wildman–Crippen MR) is 157 cm³/mol. The van der Waals surface area contributed by atoms with Gasteiger partial charge in [-0.05, 0) is 23.8 Å². The summed E-state index contributed by atoms with van der Waals surface area (Å²) >= 11 is 0. The summed E-state index contributed by atoms with van der Waals surface area (Å²) in [5, 5.41) is 7.30. The molecule has 3 nitrogen and oxygen atoms in total. The molecule has 0 atom stereocenters. The van der Waals surface area contributed by atoms with Crippen LogP contribution < -0.4 is 0 Å². The first-order valence-corrected chi connectivity index (χ1v) is 12.9. The molecule has 176 valence electrons. The minimum absolute atomic E-state index is 0.823. The number of furan rings is 1. The molecule has 0 fully saturated rings. The van der Waals surface area contributed by atoms with Gasteiger partial charge in [-0.25, -0.2) is 0 Å². The van der Waals surface area contributed by atoms with Crippen molar-refractivity contribution >= 4 is 60.0 Å². The van der Waals surface area contributed by atoms with Crippen LogP contribution in [-0.4, -0.2) is 9.38 Å². The molecule has 4 aromatic heterocycles. The first-order chi connectivity index (χ1) is 18.9. The molecule has 4 heterocycles. The number of rotatable bonds is 2. The normalized spacial score (nSPS) is 12.2. The lowest BCUT2D eigenvalue weighted by Crippen LogP contribution is -1.86. The Kier molecular flexibility index (Phi) is 3.79. The molecule has 0 radical (unpaired) electrons. The maximum absolute atomic E-state index is 6.65. The molecule has 5 aromatic carbocycles. The molecule has 3 heteroatoms. The third-order valence-corrected chi connectivity index (χ3v) is 8.00. The number of hydrogen-bond acceptors (Lipinski definition) is 2. The average molecular weight is 485 g/mol. The van der Waals surface area contributed by atoms with Crippen molar-refractivity contribution in [2.24, 2.45) is 0 Å². The second-order valence-electron chi connectivity index (χ2n) is 9.97. The zero-order valence-corrected chi connectivity index (χ0v) is 20.3. The highest BCUT2D eigenvalue weighted by molar-refractivity contribution is 6.23. The molecule has 0 saturated heterocycles. The van der Waals surface area contributed by atoms with Gasteiger partial charge in [-0.2, -0.15) is 0 Å². The number of pyridine rings is 1. The van der Waals surface area contributed by atoms with Crippen LogP contribution in [0.3, 0.4) is 0 Å². The molecule has 0 aliphatic carbocycles. The topological polar surface area (TPSA) is 30.4 Å². The van der Waals surface area contributed by atoms with Gasteiger partial charge >= 0.3 is 0 Å². The van der Waals surface area contributed by atoms with E-state index in [1.165, 1.54) is 38.1 Å². The third kappa shape index (κ3) is 2.50. The lowest BCUT2D eigenvalue weighted by atomic mass is 10.0. The highest BCUT2D eigenvalue weighted by Crippen LogP contribution is 2.42. The molecule has 0 spiro atoms. The van der Waals surface area contributed by atoms with Gasteiger partial charge in [0.2, 0.25) is 0 Å². The molecule has 0 aliphatic rings. The lowest BCUT2D eigenvalue weighted by Gasteiger charge is -2.04. The fourth-order valence-corrected chi connectivity index (χ4v) is 6.35. The summed E-state index contributed by atoms with van der Waals surface area (Å²) < 4.78 is 9.06. The van der Waals surface area contributed by atoms with E-state index in [0.29, 0.717) is 0 Å². The summed E-state index contributed by atoms with van der Waals surface area (Å²) in [5.74, 6) is 0. The maximum Gasteiger partial charge on any atom is 0.161 e. The first kappa shape index (κ1) is 20.0. The highest BCUT2D eigenvalue weighted by atomic mass is 16.3. The molecule has 0 unspecified atom stereocenters. The van der Waals surface area contributed by atoms with Crippen molar-refractivity contribution in [3.8, 4) is 22.4 Å². The van der Waals surface area contributed by atoms with Crippen molar-refractivity contribution in [3.05, 3.63) is 121 Å². The van der Waals surface area contributed by atoms with Crippen LogP contribution in [0.4, 0.5) is 0 Å². The van der Waals surface area contributed by atoms with Gasteiger partial charge in [0.15, 0.2) is 5.58 Å². The van der Waals surface area contributed by atoms with Crippen LogP contribution in [0.2, 0.25) is 0 Å². The van der Waals surface area contributed by atoms with Crippen LogP contribution in [0.25, 0.3) is 82.4 Å². The van der Waals surface area contributed by atoms with Gasteiger partial charge in [-0.3, -0.25) is 4.98 Å². The van der Waals surface area contributed by atoms with Crippen LogP contribution in [0.5, 0.6) is 0 Å². The van der Waals surface area contributed by atoms with Crippen LogP contribution in [0, 0.1) is 0 Å². The lowest BCUT2D eigenvalue weighted by molar-refractivity contribution is 0.669. The Morgan fingerprint density at radius 1 is 0.500 bits per heavy atom. The van der Waals surface area contributed by atoms with Crippen molar-refractivity contribution in [1.82, 2.24) is 9.38 Å². The molecule has 9 aromatic rings. The largest absolute Gasteiger partial charge is 0.453 e. The molecule has 0 saturated carbocycles.